The lowest BCUT2D eigenvalue weighted by Crippen LogP contribution is -2.06. The second-order valence-corrected chi connectivity index (χ2v) is 8.00. The summed E-state index contributed by atoms with van der Waals surface area (Å²) in [5, 5.41) is 38.4. The molecule has 2 aromatic heterocycles. The Labute approximate surface area is 180 Å². The number of rotatable bonds is 7. The van der Waals surface area contributed by atoms with Crippen LogP contribution in [-0.2, 0) is 0 Å². The van der Waals surface area contributed by atoms with Crippen molar-refractivity contribution in [2.24, 2.45) is 5.92 Å². The number of phenols is 1. The van der Waals surface area contributed by atoms with Gasteiger partial charge in [-0.25, -0.2) is 0 Å². The number of aromatic hydroxyl groups is 1. The molecule has 8 heteroatoms. The lowest BCUT2D eigenvalue weighted by atomic mass is 10.0. The summed E-state index contributed by atoms with van der Waals surface area (Å²) in [6.45, 7) is 7.89. The van der Waals surface area contributed by atoms with Crippen LogP contribution in [0.4, 0.5) is 0 Å². The second kappa shape index (κ2) is 8.89. The molecule has 0 fully saturated rings. The maximum Gasteiger partial charge on any atom is 0.200 e. The van der Waals surface area contributed by atoms with Crippen LogP contribution in [0.25, 0.3) is 22.2 Å². The molecule has 1 atom stereocenters. The number of aromatic nitrogens is 4. The molecule has 0 amide bonds. The Hall–Kier alpha value is -2.84. The van der Waals surface area contributed by atoms with E-state index in [-0.39, 0.29) is 30.1 Å². The van der Waals surface area contributed by atoms with Gasteiger partial charge in [-0.3, -0.25) is 9.67 Å². The number of fused-ring (bicyclic) bond motifs is 1. The van der Waals surface area contributed by atoms with E-state index in [0.717, 1.165) is 17.5 Å². The normalized spacial score (nSPS) is 14.1. The fourth-order valence-electron chi connectivity index (χ4n) is 3.45. The number of hydrogen-bond donors (Lipinski definition) is 4. The highest BCUT2D eigenvalue weighted by atomic mass is 32.1. The minimum atomic E-state index is -0.296. The van der Waals surface area contributed by atoms with E-state index in [1.807, 2.05) is 43.7 Å². The average molecular weight is 429 g/mol. The molecule has 0 radical (unpaired) electrons. The zero-order valence-electron chi connectivity index (χ0n) is 17.6. The molecule has 0 aliphatic carbocycles. The Kier molecular flexibility index (Phi) is 6.48. The quantitative estimate of drug-likeness (QED) is 0.240. The number of allylic oxidation sites excluding steroid dienone is 2. The van der Waals surface area contributed by atoms with E-state index in [9.17, 15) is 15.3 Å². The van der Waals surface area contributed by atoms with E-state index in [0.29, 0.717) is 21.7 Å². The number of benzene rings is 1. The highest BCUT2D eigenvalue weighted by molar-refractivity contribution is 7.71. The third kappa shape index (κ3) is 3.93. The van der Waals surface area contributed by atoms with Gasteiger partial charge in [-0.15, -0.1) is 0 Å². The van der Waals surface area contributed by atoms with Gasteiger partial charge in [-0.05, 0) is 56.3 Å². The van der Waals surface area contributed by atoms with Gasteiger partial charge in [0.2, 0.25) is 0 Å². The molecule has 4 N–H and O–H groups in total. The summed E-state index contributed by atoms with van der Waals surface area (Å²) in [4.78, 5) is 0. The molecule has 0 saturated heterocycles. The number of hydrogen-bond acceptors (Lipinski definition) is 5. The number of aliphatic hydroxyl groups excluding tert-OH is 2. The van der Waals surface area contributed by atoms with E-state index in [4.69, 9.17) is 12.2 Å². The first-order valence-electron chi connectivity index (χ1n) is 10.0. The fourth-order valence-corrected chi connectivity index (χ4v) is 3.68. The van der Waals surface area contributed by atoms with Gasteiger partial charge in [0.1, 0.15) is 11.5 Å². The first-order valence-corrected chi connectivity index (χ1v) is 10.4. The zero-order valence-corrected chi connectivity index (χ0v) is 18.4. The van der Waals surface area contributed by atoms with Crippen LogP contribution >= 0.6 is 12.2 Å². The molecule has 3 aromatic rings. The summed E-state index contributed by atoms with van der Waals surface area (Å²) < 4.78 is 4.11. The molecule has 3 rings (SSSR count). The topological polar surface area (TPSA) is 99.2 Å². The van der Waals surface area contributed by atoms with Gasteiger partial charge in [-0.2, -0.15) is 5.10 Å². The molecule has 0 aliphatic heterocycles. The number of phenolic OH excluding ortho intramolecular Hbond substituents is 1. The van der Waals surface area contributed by atoms with Crippen molar-refractivity contribution in [3.63, 3.8) is 0 Å². The minimum Gasteiger partial charge on any atom is -0.507 e. The van der Waals surface area contributed by atoms with E-state index in [1.165, 1.54) is 6.08 Å². The minimum absolute atomic E-state index is 0.0668. The van der Waals surface area contributed by atoms with Crippen molar-refractivity contribution in [2.45, 2.75) is 40.2 Å². The van der Waals surface area contributed by atoms with Crippen LogP contribution in [0.1, 0.15) is 46.0 Å². The molecule has 1 unspecified atom stereocenters. The lowest BCUT2D eigenvalue weighted by molar-refractivity contribution is 0.333. The van der Waals surface area contributed by atoms with Crippen LogP contribution in [0.3, 0.4) is 0 Å². The van der Waals surface area contributed by atoms with E-state index < -0.39 is 0 Å². The summed E-state index contributed by atoms with van der Waals surface area (Å²) in [5.41, 5.74) is 1.93. The summed E-state index contributed by atoms with van der Waals surface area (Å²) >= 11 is 5.52. The van der Waals surface area contributed by atoms with Crippen LogP contribution in [-0.4, -0.2) is 41.3 Å². The Morgan fingerprint density at radius 1 is 1.27 bits per heavy atom. The van der Waals surface area contributed by atoms with Crippen LogP contribution in [0.5, 0.6) is 5.75 Å². The zero-order chi connectivity index (χ0) is 22.0. The molecule has 2 heterocycles. The molecule has 160 valence electrons. The largest absolute Gasteiger partial charge is 0.507 e. The van der Waals surface area contributed by atoms with Gasteiger partial charge < -0.3 is 19.9 Å². The maximum atomic E-state index is 10.6. The fraction of sp³-hybridized carbons (Fsp3) is 0.364. The predicted molar refractivity (Wildman–Crippen MR) is 122 cm³/mol. The molecule has 0 aliphatic rings. The number of H-pyrrole nitrogens is 1. The monoisotopic (exact) mass is 428 g/mol. The highest BCUT2D eigenvalue weighted by Gasteiger charge is 2.21. The molecule has 1 aromatic carbocycles. The van der Waals surface area contributed by atoms with Crippen molar-refractivity contribution >= 4 is 28.7 Å². The smallest absolute Gasteiger partial charge is 0.200 e. The van der Waals surface area contributed by atoms with Gasteiger partial charge in [0.05, 0.1) is 23.4 Å². The lowest BCUT2D eigenvalue weighted by Gasteiger charge is -2.15. The van der Waals surface area contributed by atoms with E-state index in [1.54, 1.807) is 16.7 Å². The molecule has 0 saturated carbocycles. The van der Waals surface area contributed by atoms with Crippen LogP contribution in [0, 0.1) is 10.7 Å². The number of aromatic amines is 1. The first kappa shape index (κ1) is 21.9. The molecule has 30 heavy (non-hydrogen) atoms. The molecule has 0 spiro atoms. The van der Waals surface area contributed by atoms with Gasteiger partial charge >= 0.3 is 0 Å². The SMILES string of the molecule is CCC(C)/C=C(\C(O)=C/CO)c1n[nH]c(=S)n1-c1ccc(O)c2c1ccn2C(C)C. The number of nitrogens with one attached hydrogen (secondary N) is 1. The Bertz CT molecular complexity index is 1170. The van der Waals surface area contributed by atoms with Crippen molar-refractivity contribution in [1.82, 2.24) is 19.3 Å². The molecule has 0 bridgehead atoms. The summed E-state index contributed by atoms with van der Waals surface area (Å²) in [7, 11) is 0. The third-order valence-corrected chi connectivity index (χ3v) is 5.47. The van der Waals surface area contributed by atoms with Gasteiger partial charge in [0.25, 0.3) is 0 Å². The van der Waals surface area contributed by atoms with Crippen molar-refractivity contribution in [2.75, 3.05) is 6.61 Å². The molecular formula is C22H28N4O3S. The third-order valence-electron chi connectivity index (χ3n) is 5.20. The predicted octanol–water partition coefficient (Wildman–Crippen LogP) is 5.03. The summed E-state index contributed by atoms with van der Waals surface area (Å²) in [6.07, 6.45) is 6.06. The number of nitrogens with zero attached hydrogens (tertiary/aromatic N) is 3. The number of aliphatic hydroxyl groups is 2. The van der Waals surface area contributed by atoms with Crippen molar-refractivity contribution in [1.29, 1.82) is 0 Å². The van der Waals surface area contributed by atoms with Crippen LogP contribution in [0.15, 0.2) is 42.3 Å². The van der Waals surface area contributed by atoms with Crippen LogP contribution in [0.2, 0.25) is 0 Å². The molecule has 7 nitrogen and oxygen atoms in total. The molecular weight excluding hydrogens is 400 g/mol. The van der Waals surface area contributed by atoms with Crippen molar-refractivity contribution < 1.29 is 15.3 Å². The first-order chi connectivity index (χ1) is 14.3. The Balaban J connectivity index is 2.32. The Morgan fingerprint density at radius 3 is 2.63 bits per heavy atom. The second-order valence-electron chi connectivity index (χ2n) is 7.61. The van der Waals surface area contributed by atoms with E-state index in [2.05, 4.69) is 17.1 Å². The van der Waals surface area contributed by atoms with Gasteiger partial charge in [0.15, 0.2) is 10.6 Å². The Morgan fingerprint density at radius 2 is 2.00 bits per heavy atom. The van der Waals surface area contributed by atoms with Gasteiger partial charge in [-0.1, -0.05) is 26.3 Å². The maximum absolute atomic E-state index is 10.6. The van der Waals surface area contributed by atoms with Crippen molar-refractivity contribution in [3.8, 4) is 11.4 Å². The van der Waals surface area contributed by atoms with Crippen molar-refractivity contribution in [3.05, 3.63) is 52.9 Å². The summed E-state index contributed by atoms with van der Waals surface area (Å²) in [6, 6.07) is 5.52. The van der Waals surface area contributed by atoms with Crippen LogP contribution < -0.4 is 0 Å². The highest BCUT2D eigenvalue weighted by Crippen LogP contribution is 2.35. The average Bonchev–Trinajstić information content (AvgIpc) is 3.31. The van der Waals surface area contributed by atoms with Gasteiger partial charge in [0, 0.05) is 17.6 Å². The summed E-state index contributed by atoms with van der Waals surface area (Å²) in [5.74, 6) is 0.729. The van der Waals surface area contributed by atoms with E-state index >= 15 is 0 Å². The standard InChI is InChI=1S/C22H28N4O3S/c1-5-14(4)12-16(18(28)9-11-27)21-23-24-22(30)26(21)17-6-7-19(29)20-15(17)8-10-25(20)13(2)3/h6-10,12-14,27-29H,5,11H2,1-4H3,(H,24,30)/b16-12+,18-9+.